The highest BCUT2D eigenvalue weighted by molar-refractivity contribution is 6.00. The highest BCUT2D eigenvalue weighted by Gasteiger charge is 2.36. The highest BCUT2D eigenvalue weighted by atomic mass is 19.4. The van der Waals surface area contributed by atoms with Gasteiger partial charge in [0.2, 0.25) is 11.8 Å². The molecule has 1 unspecified atom stereocenters. The van der Waals surface area contributed by atoms with Gasteiger partial charge in [0.15, 0.2) is 5.82 Å². The molecule has 1 aromatic heterocycles. The lowest BCUT2D eigenvalue weighted by Crippen LogP contribution is -2.36. The van der Waals surface area contributed by atoms with Gasteiger partial charge >= 0.3 is 11.9 Å². The van der Waals surface area contributed by atoms with Gasteiger partial charge in [-0.25, -0.2) is 13.9 Å². The van der Waals surface area contributed by atoms with Gasteiger partial charge in [0.05, 0.1) is 18.0 Å². The molecule has 2 fully saturated rings. The molecule has 1 aliphatic carbocycles. The third kappa shape index (κ3) is 5.13. The number of aromatic nitrogens is 3. The van der Waals surface area contributed by atoms with Crippen molar-refractivity contribution in [2.45, 2.75) is 38.0 Å². The summed E-state index contributed by atoms with van der Waals surface area (Å²) in [6.45, 7) is 0.141. The van der Waals surface area contributed by atoms with Crippen molar-refractivity contribution in [2.24, 2.45) is 5.92 Å². The third-order valence-corrected chi connectivity index (χ3v) is 6.47. The molecule has 1 saturated carbocycles. The molecule has 0 spiro atoms. The van der Waals surface area contributed by atoms with E-state index in [1.807, 2.05) is 0 Å². The molecule has 37 heavy (non-hydrogen) atoms. The summed E-state index contributed by atoms with van der Waals surface area (Å²) in [6.07, 6.45) is -3.10. The first-order valence-electron chi connectivity index (χ1n) is 11.8. The summed E-state index contributed by atoms with van der Waals surface area (Å²) < 4.78 is 55.7. The fourth-order valence-corrected chi connectivity index (χ4v) is 4.47. The Bertz CT molecular complexity index is 1410. The zero-order chi connectivity index (χ0) is 26.3. The number of anilines is 1. The largest absolute Gasteiger partial charge is 0.416 e. The molecule has 1 atom stereocenters. The second-order valence-corrected chi connectivity index (χ2v) is 9.19. The van der Waals surface area contributed by atoms with Crippen LogP contribution in [0, 0.1) is 11.7 Å². The Morgan fingerprint density at radius 3 is 2.54 bits per heavy atom. The Labute approximate surface area is 208 Å². The van der Waals surface area contributed by atoms with Gasteiger partial charge in [-0.1, -0.05) is 18.2 Å². The Morgan fingerprint density at radius 1 is 1.08 bits per heavy atom. The van der Waals surface area contributed by atoms with Crippen LogP contribution in [0.3, 0.4) is 0 Å². The van der Waals surface area contributed by atoms with Gasteiger partial charge in [-0.2, -0.15) is 13.2 Å². The maximum Gasteiger partial charge on any atom is 0.416 e. The number of benzene rings is 2. The number of carbonyl (C=O) groups excluding carboxylic acids is 2. The minimum Gasteiger partial charge on any atom is -0.354 e. The van der Waals surface area contributed by atoms with Gasteiger partial charge in [-0.3, -0.25) is 14.2 Å². The zero-order valence-electron chi connectivity index (χ0n) is 19.5. The van der Waals surface area contributed by atoms with Crippen LogP contribution in [0.15, 0.2) is 53.3 Å². The normalized spacial score (nSPS) is 17.9. The number of amides is 2. The summed E-state index contributed by atoms with van der Waals surface area (Å²) in [6, 6.07) is 10.1. The van der Waals surface area contributed by atoms with Crippen molar-refractivity contribution in [3.8, 4) is 11.4 Å². The molecule has 1 N–H and O–H groups in total. The van der Waals surface area contributed by atoms with Gasteiger partial charge in [0, 0.05) is 36.8 Å². The highest BCUT2D eigenvalue weighted by Crippen LogP contribution is 2.37. The first-order valence-corrected chi connectivity index (χ1v) is 11.8. The van der Waals surface area contributed by atoms with Crippen LogP contribution in [0.25, 0.3) is 11.4 Å². The average Bonchev–Trinajstić information content (AvgIpc) is 3.53. The van der Waals surface area contributed by atoms with Crippen LogP contribution in [0.5, 0.6) is 0 Å². The van der Waals surface area contributed by atoms with E-state index >= 15 is 0 Å². The van der Waals surface area contributed by atoms with Gasteiger partial charge in [0.1, 0.15) is 5.82 Å². The quantitative estimate of drug-likeness (QED) is 0.487. The van der Waals surface area contributed by atoms with Crippen LogP contribution in [-0.4, -0.2) is 39.3 Å². The second kappa shape index (κ2) is 9.49. The summed E-state index contributed by atoms with van der Waals surface area (Å²) in [5.74, 6) is -1.66. The lowest BCUT2D eigenvalue weighted by molar-refractivity contribution is -0.137. The molecule has 8 nitrogen and oxygen atoms in total. The number of alkyl halides is 3. The van der Waals surface area contributed by atoms with E-state index in [0.717, 1.165) is 29.7 Å². The third-order valence-electron chi connectivity index (χ3n) is 6.47. The van der Waals surface area contributed by atoms with Crippen LogP contribution >= 0.6 is 0 Å². The van der Waals surface area contributed by atoms with E-state index in [2.05, 4.69) is 10.4 Å². The van der Waals surface area contributed by atoms with Crippen LogP contribution in [0.4, 0.5) is 23.2 Å². The van der Waals surface area contributed by atoms with Crippen LogP contribution in [-0.2, 0) is 22.3 Å². The first kappa shape index (κ1) is 24.7. The summed E-state index contributed by atoms with van der Waals surface area (Å²) in [4.78, 5) is 39.4. The maximum atomic E-state index is 13.5. The molecule has 5 rings (SSSR count). The van der Waals surface area contributed by atoms with Crippen molar-refractivity contribution < 1.29 is 27.2 Å². The van der Waals surface area contributed by atoms with Crippen molar-refractivity contribution in [1.82, 2.24) is 19.7 Å². The van der Waals surface area contributed by atoms with Crippen molar-refractivity contribution in [3.05, 3.63) is 70.4 Å². The molecule has 1 aliphatic heterocycles. The van der Waals surface area contributed by atoms with Crippen molar-refractivity contribution in [1.29, 1.82) is 0 Å². The van der Waals surface area contributed by atoms with Crippen molar-refractivity contribution in [2.75, 3.05) is 18.0 Å². The maximum absolute atomic E-state index is 13.5. The fraction of sp³-hybridized carbons (Fsp3) is 0.360. The fourth-order valence-electron chi connectivity index (χ4n) is 4.47. The number of nitrogens with zero attached hydrogens (tertiary/aromatic N) is 4. The molecule has 2 aliphatic rings. The van der Waals surface area contributed by atoms with Crippen LogP contribution in [0.2, 0.25) is 0 Å². The molecule has 12 heteroatoms. The Kier molecular flexibility index (Phi) is 6.34. The molecule has 2 amide bonds. The average molecular weight is 517 g/mol. The van der Waals surface area contributed by atoms with E-state index < -0.39 is 29.2 Å². The number of halogens is 4. The molecule has 0 radical (unpaired) electrons. The van der Waals surface area contributed by atoms with E-state index in [1.54, 1.807) is 6.07 Å². The lowest BCUT2D eigenvalue weighted by atomic mass is 10.1. The second-order valence-electron chi connectivity index (χ2n) is 9.19. The summed E-state index contributed by atoms with van der Waals surface area (Å²) >= 11 is 0. The van der Waals surface area contributed by atoms with Gasteiger partial charge in [-0.05, 0) is 43.2 Å². The number of hydrogen-bond donors (Lipinski definition) is 1. The summed E-state index contributed by atoms with van der Waals surface area (Å²) in [7, 11) is 0. The van der Waals surface area contributed by atoms with Crippen molar-refractivity contribution in [3.63, 3.8) is 0 Å². The molecule has 1 saturated heterocycles. The van der Waals surface area contributed by atoms with Crippen LogP contribution in [0.1, 0.15) is 30.9 Å². The minimum atomic E-state index is -4.53. The van der Waals surface area contributed by atoms with Gasteiger partial charge < -0.3 is 10.2 Å². The number of nitrogens with one attached hydrogen (secondary N) is 1. The van der Waals surface area contributed by atoms with E-state index in [0.29, 0.717) is 5.69 Å². The van der Waals surface area contributed by atoms with Gasteiger partial charge in [0.25, 0.3) is 0 Å². The molecule has 194 valence electrons. The number of rotatable bonds is 7. The Balaban J connectivity index is 1.26. The summed E-state index contributed by atoms with van der Waals surface area (Å²) in [5.41, 5.74) is -0.736. The zero-order valence-corrected chi connectivity index (χ0v) is 19.5. The predicted molar refractivity (Wildman–Crippen MR) is 125 cm³/mol. The number of hydrogen-bond acceptors (Lipinski definition) is 4. The molecular formula is C25H23F4N5O3. The van der Waals surface area contributed by atoms with E-state index in [-0.39, 0.29) is 55.3 Å². The smallest absolute Gasteiger partial charge is 0.354 e. The monoisotopic (exact) mass is 517 g/mol. The minimum absolute atomic E-state index is 0.00450. The Hall–Kier alpha value is -3.96. The SMILES string of the molecule is O=C(NCCn1nc(-c2cccc(C(F)(F)F)c2)n(C2CC2)c1=O)C1CC(=O)N(c2cccc(F)c2)C1. The first-order chi connectivity index (χ1) is 17.6. The van der Waals surface area contributed by atoms with Gasteiger partial charge in [-0.15, -0.1) is 5.10 Å². The van der Waals surface area contributed by atoms with Crippen molar-refractivity contribution >= 4 is 17.5 Å². The standard InChI is InChI=1S/C25H23F4N5O3/c26-18-5-2-6-20(13-18)32-14-16(12-21(32)35)23(36)30-9-10-33-24(37)34(19-7-8-19)22(31-33)15-3-1-4-17(11-15)25(27,28)29/h1-6,11,13,16,19H,7-10,12,14H2,(H,30,36). The Morgan fingerprint density at radius 2 is 1.84 bits per heavy atom. The molecule has 2 aromatic carbocycles. The molecule has 0 bridgehead atoms. The van der Waals surface area contributed by atoms with Crippen LogP contribution < -0.4 is 15.9 Å². The van der Waals surface area contributed by atoms with E-state index in [9.17, 15) is 31.9 Å². The lowest BCUT2D eigenvalue weighted by Gasteiger charge is -2.16. The topological polar surface area (TPSA) is 89.2 Å². The van der Waals surface area contributed by atoms with E-state index in [1.165, 1.54) is 39.8 Å². The molecular weight excluding hydrogens is 494 g/mol. The summed E-state index contributed by atoms with van der Waals surface area (Å²) in [5, 5.41) is 6.98. The molecule has 3 aromatic rings. The predicted octanol–water partition coefficient (Wildman–Crippen LogP) is 3.37. The van der Waals surface area contributed by atoms with E-state index in [4.69, 9.17) is 0 Å². The number of carbonyl (C=O) groups is 2. The molecule has 2 heterocycles.